The molecular formula is C16H17ClN2S. The Morgan fingerprint density at radius 3 is 2.10 bits per heavy atom. The largest absolute Gasteiger partial charge is 0.323 e. The Bertz CT molecular complexity index is 576. The zero-order valence-electron chi connectivity index (χ0n) is 11.3. The van der Waals surface area contributed by atoms with Crippen molar-refractivity contribution < 1.29 is 0 Å². The van der Waals surface area contributed by atoms with E-state index in [0.29, 0.717) is 5.02 Å². The van der Waals surface area contributed by atoms with Gasteiger partial charge in [0, 0.05) is 21.9 Å². The molecule has 2 N–H and O–H groups in total. The molecule has 0 aliphatic carbocycles. The number of halogens is 1. The summed E-state index contributed by atoms with van der Waals surface area (Å²) >= 11 is 7.81. The molecule has 20 heavy (non-hydrogen) atoms. The fraction of sp³-hybridized carbons (Fsp3) is 0.188. The molecule has 2 rings (SSSR count). The second kappa shape index (κ2) is 7.36. The van der Waals surface area contributed by atoms with Crippen molar-refractivity contribution in [1.82, 2.24) is 0 Å². The van der Waals surface area contributed by atoms with Gasteiger partial charge in [0.1, 0.15) is 0 Å². The van der Waals surface area contributed by atoms with Crippen LogP contribution in [-0.4, -0.2) is 11.5 Å². The van der Waals surface area contributed by atoms with Gasteiger partial charge in [0.25, 0.3) is 0 Å². The quantitative estimate of drug-likeness (QED) is 0.508. The number of benzene rings is 2. The molecule has 2 nitrogen and oxygen atoms in total. The van der Waals surface area contributed by atoms with Gasteiger partial charge in [-0.1, -0.05) is 54.9 Å². The topological polar surface area (TPSA) is 38.4 Å². The lowest BCUT2D eigenvalue weighted by atomic mass is 10.0. The van der Waals surface area contributed by atoms with Gasteiger partial charge in [0.2, 0.25) is 0 Å². The molecule has 0 aliphatic rings. The average molecular weight is 305 g/mol. The van der Waals surface area contributed by atoms with Gasteiger partial charge in [-0.25, -0.2) is 0 Å². The minimum absolute atomic E-state index is 0.706. The first-order valence-corrected chi connectivity index (χ1v) is 7.98. The van der Waals surface area contributed by atoms with E-state index in [1.807, 2.05) is 36.0 Å². The highest BCUT2D eigenvalue weighted by Gasteiger charge is 2.07. The summed E-state index contributed by atoms with van der Waals surface area (Å²) in [6, 6.07) is 15.9. The Balaban J connectivity index is 2.22. The van der Waals surface area contributed by atoms with Crippen LogP contribution in [0.4, 0.5) is 0 Å². The van der Waals surface area contributed by atoms with Crippen molar-refractivity contribution in [2.45, 2.75) is 12.7 Å². The SMILES string of the molecule is CCSCc1ccc(C(=NN)c2ccc(Cl)cc2)cc1. The van der Waals surface area contributed by atoms with Crippen molar-refractivity contribution in [2.24, 2.45) is 10.9 Å². The summed E-state index contributed by atoms with van der Waals surface area (Å²) in [6.45, 7) is 2.17. The van der Waals surface area contributed by atoms with E-state index in [2.05, 4.69) is 36.3 Å². The monoisotopic (exact) mass is 304 g/mol. The zero-order chi connectivity index (χ0) is 14.4. The first kappa shape index (κ1) is 14.9. The molecule has 4 heteroatoms. The number of thioether (sulfide) groups is 1. The third-order valence-electron chi connectivity index (χ3n) is 2.95. The summed E-state index contributed by atoms with van der Waals surface area (Å²) in [5.74, 6) is 7.71. The predicted molar refractivity (Wildman–Crippen MR) is 89.6 cm³/mol. The van der Waals surface area contributed by atoms with Crippen molar-refractivity contribution in [3.8, 4) is 0 Å². The second-order valence-corrected chi connectivity index (χ2v) is 6.03. The Hall–Kier alpha value is -1.45. The Kier molecular flexibility index (Phi) is 5.50. The fourth-order valence-electron chi connectivity index (χ4n) is 1.90. The van der Waals surface area contributed by atoms with E-state index in [4.69, 9.17) is 17.4 Å². The molecule has 0 spiro atoms. The van der Waals surface area contributed by atoms with Gasteiger partial charge in [0.15, 0.2) is 0 Å². The molecular weight excluding hydrogens is 288 g/mol. The van der Waals surface area contributed by atoms with Crippen LogP contribution < -0.4 is 5.84 Å². The maximum absolute atomic E-state index is 5.90. The second-order valence-electron chi connectivity index (χ2n) is 4.32. The van der Waals surface area contributed by atoms with Crippen LogP contribution in [-0.2, 0) is 5.75 Å². The van der Waals surface area contributed by atoms with Crippen molar-refractivity contribution in [3.05, 3.63) is 70.2 Å². The molecule has 0 heterocycles. The molecule has 0 fully saturated rings. The molecule has 0 atom stereocenters. The molecule has 0 bridgehead atoms. The van der Waals surface area contributed by atoms with E-state index in [0.717, 1.165) is 28.3 Å². The van der Waals surface area contributed by atoms with E-state index in [1.165, 1.54) is 5.56 Å². The summed E-state index contributed by atoms with van der Waals surface area (Å²) in [6.07, 6.45) is 0. The van der Waals surface area contributed by atoms with Gasteiger partial charge in [-0.15, -0.1) is 0 Å². The van der Waals surface area contributed by atoms with Crippen LogP contribution in [0, 0.1) is 0 Å². The van der Waals surface area contributed by atoms with Crippen LogP contribution in [0.1, 0.15) is 23.6 Å². The summed E-state index contributed by atoms with van der Waals surface area (Å²) in [5.41, 5.74) is 4.07. The van der Waals surface area contributed by atoms with Crippen LogP contribution in [0.25, 0.3) is 0 Å². The lowest BCUT2D eigenvalue weighted by Gasteiger charge is -2.07. The van der Waals surface area contributed by atoms with E-state index in [1.54, 1.807) is 0 Å². The predicted octanol–water partition coefficient (Wildman–Crippen LogP) is 4.30. The molecule has 0 saturated carbocycles. The molecule has 2 aromatic carbocycles. The maximum Gasteiger partial charge on any atom is 0.0971 e. The number of nitrogens with two attached hydrogens (primary N) is 1. The van der Waals surface area contributed by atoms with Crippen molar-refractivity contribution in [1.29, 1.82) is 0 Å². The van der Waals surface area contributed by atoms with E-state index in [-0.39, 0.29) is 0 Å². The minimum Gasteiger partial charge on any atom is -0.323 e. The van der Waals surface area contributed by atoms with Gasteiger partial charge in [-0.2, -0.15) is 16.9 Å². The highest BCUT2D eigenvalue weighted by Crippen LogP contribution is 2.17. The molecule has 104 valence electrons. The van der Waals surface area contributed by atoms with Gasteiger partial charge < -0.3 is 5.84 Å². The number of nitrogens with zero attached hydrogens (tertiary/aromatic N) is 1. The van der Waals surface area contributed by atoms with Crippen LogP contribution in [0.2, 0.25) is 5.02 Å². The molecule has 0 radical (unpaired) electrons. The first-order chi connectivity index (χ1) is 9.74. The number of hydrogen-bond donors (Lipinski definition) is 1. The smallest absolute Gasteiger partial charge is 0.0971 e. The zero-order valence-corrected chi connectivity index (χ0v) is 12.9. The lowest BCUT2D eigenvalue weighted by Crippen LogP contribution is -2.06. The third kappa shape index (κ3) is 3.78. The Morgan fingerprint density at radius 1 is 1.05 bits per heavy atom. The van der Waals surface area contributed by atoms with Crippen LogP contribution in [0.3, 0.4) is 0 Å². The van der Waals surface area contributed by atoms with Gasteiger partial charge >= 0.3 is 0 Å². The van der Waals surface area contributed by atoms with E-state index >= 15 is 0 Å². The molecule has 2 aromatic rings. The maximum atomic E-state index is 5.90. The fourth-order valence-corrected chi connectivity index (χ4v) is 2.66. The standard InChI is InChI=1S/C16H17ClN2S/c1-2-20-11-12-3-5-13(6-4-12)16(19-18)14-7-9-15(17)10-8-14/h3-10H,2,11,18H2,1H3. The van der Waals surface area contributed by atoms with Gasteiger partial charge in [-0.3, -0.25) is 0 Å². The van der Waals surface area contributed by atoms with E-state index < -0.39 is 0 Å². The molecule has 0 saturated heterocycles. The lowest BCUT2D eigenvalue weighted by molar-refractivity contribution is 1.24. The van der Waals surface area contributed by atoms with Crippen molar-refractivity contribution >= 4 is 29.1 Å². The highest BCUT2D eigenvalue weighted by atomic mass is 35.5. The molecule has 0 unspecified atom stereocenters. The summed E-state index contributed by atoms with van der Waals surface area (Å²) in [5, 5.41) is 4.62. The van der Waals surface area contributed by atoms with E-state index in [9.17, 15) is 0 Å². The first-order valence-electron chi connectivity index (χ1n) is 6.45. The van der Waals surface area contributed by atoms with Gasteiger partial charge in [-0.05, 0) is 23.4 Å². The van der Waals surface area contributed by atoms with Crippen LogP contribution in [0.5, 0.6) is 0 Å². The normalized spacial score (nSPS) is 11.6. The van der Waals surface area contributed by atoms with Crippen molar-refractivity contribution in [3.63, 3.8) is 0 Å². The number of hydrazone groups is 1. The number of rotatable bonds is 5. The summed E-state index contributed by atoms with van der Waals surface area (Å²) in [7, 11) is 0. The molecule has 0 aliphatic heterocycles. The third-order valence-corrected chi connectivity index (χ3v) is 4.14. The van der Waals surface area contributed by atoms with Gasteiger partial charge in [0.05, 0.1) is 5.71 Å². The molecule has 0 amide bonds. The summed E-state index contributed by atoms with van der Waals surface area (Å²) < 4.78 is 0. The highest BCUT2D eigenvalue weighted by molar-refractivity contribution is 7.98. The average Bonchev–Trinajstić information content (AvgIpc) is 2.49. The Labute approximate surface area is 129 Å². The van der Waals surface area contributed by atoms with Crippen LogP contribution in [0.15, 0.2) is 53.6 Å². The van der Waals surface area contributed by atoms with Crippen molar-refractivity contribution in [2.75, 3.05) is 5.75 Å². The van der Waals surface area contributed by atoms with Crippen LogP contribution >= 0.6 is 23.4 Å². The number of hydrogen-bond acceptors (Lipinski definition) is 3. The Morgan fingerprint density at radius 2 is 1.60 bits per heavy atom. The minimum atomic E-state index is 0.706. The summed E-state index contributed by atoms with van der Waals surface area (Å²) in [4.78, 5) is 0. The molecule has 0 aromatic heterocycles.